The van der Waals surface area contributed by atoms with Crippen molar-refractivity contribution in [1.29, 1.82) is 0 Å². The first-order valence-electron chi connectivity index (χ1n) is 7.26. The van der Waals surface area contributed by atoms with Crippen molar-refractivity contribution >= 4 is 18.3 Å². The molecule has 0 aliphatic carbocycles. The van der Waals surface area contributed by atoms with E-state index in [9.17, 15) is 4.79 Å². The Morgan fingerprint density at radius 2 is 2.18 bits per heavy atom. The summed E-state index contributed by atoms with van der Waals surface area (Å²) in [5.74, 6) is 1.04. The van der Waals surface area contributed by atoms with E-state index >= 15 is 0 Å². The highest BCUT2D eigenvalue weighted by atomic mass is 35.5. The van der Waals surface area contributed by atoms with Gasteiger partial charge in [0, 0.05) is 31.1 Å². The second kappa shape index (κ2) is 7.91. The fourth-order valence-electron chi connectivity index (χ4n) is 2.52. The Morgan fingerprint density at radius 3 is 2.91 bits per heavy atom. The minimum absolute atomic E-state index is 0. The van der Waals surface area contributed by atoms with Gasteiger partial charge < -0.3 is 10.6 Å². The van der Waals surface area contributed by atoms with Gasteiger partial charge in [0.05, 0.1) is 0 Å². The third-order valence-electron chi connectivity index (χ3n) is 3.73. The third-order valence-corrected chi connectivity index (χ3v) is 3.73. The molecule has 1 aliphatic heterocycles. The highest BCUT2D eigenvalue weighted by Crippen LogP contribution is 2.12. The van der Waals surface area contributed by atoms with Crippen LogP contribution in [0, 0.1) is 5.92 Å². The van der Waals surface area contributed by atoms with E-state index in [1.54, 1.807) is 17.1 Å². The van der Waals surface area contributed by atoms with Crippen LogP contribution in [0.25, 0.3) is 5.82 Å². The number of amides is 1. The van der Waals surface area contributed by atoms with Crippen molar-refractivity contribution < 1.29 is 4.79 Å². The minimum atomic E-state index is 0. The van der Waals surface area contributed by atoms with Crippen LogP contribution in [0.5, 0.6) is 0 Å². The molecule has 0 atom stereocenters. The SMILES string of the molecule is Cl.O=C(NCc1ccnc(-n2cccn2)c1)C1CCNCC1. The lowest BCUT2D eigenvalue weighted by Crippen LogP contribution is -2.37. The van der Waals surface area contributed by atoms with Gasteiger partial charge in [-0.1, -0.05) is 0 Å². The number of halogens is 1. The van der Waals surface area contributed by atoms with E-state index < -0.39 is 0 Å². The van der Waals surface area contributed by atoms with Crippen molar-refractivity contribution in [1.82, 2.24) is 25.4 Å². The predicted octanol–water partition coefficient (Wildman–Crippen LogP) is 1.30. The Morgan fingerprint density at radius 1 is 1.36 bits per heavy atom. The highest BCUT2D eigenvalue weighted by Gasteiger charge is 2.20. The summed E-state index contributed by atoms with van der Waals surface area (Å²) in [6, 6.07) is 5.71. The number of hydrogen-bond acceptors (Lipinski definition) is 4. The van der Waals surface area contributed by atoms with Crippen LogP contribution in [-0.2, 0) is 11.3 Å². The molecule has 7 heteroatoms. The summed E-state index contributed by atoms with van der Waals surface area (Å²) in [6.07, 6.45) is 7.14. The minimum Gasteiger partial charge on any atom is -0.352 e. The summed E-state index contributed by atoms with van der Waals surface area (Å²) >= 11 is 0. The first-order chi connectivity index (χ1) is 10.3. The lowest BCUT2D eigenvalue weighted by molar-refractivity contribution is -0.125. The zero-order valence-electron chi connectivity index (χ0n) is 12.2. The molecule has 1 fully saturated rings. The van der Waals surface area contributed by atoms with E-state index in [1.807, 2.05) is 24.4 Å². The molecule has 22 heavy (non-hydrogen) atoms. The van der Waals surface area contributed by atoms with Crippen molar-refractivity contribution in [3.05, 3.63) is 42.4 Å². The topological polar surface area (TPSA) is 71.8 Å². The van der Waals surface area contributed by atoms with E-state index in [0.717, 1.165) is 37.3 Å². The van der Waals surface area contributed by atoms with Crippen molar-refractivity contribution in [2.45, 2.75) is 19.4 Å². The number of hydrogen-bond donors (Lipinski definition) is 2. The van der Waals surface area contributed by atoms with Gasteiger partial charge in [-0.2, -0.15) is 5.10 Å². The quantitative estimate of drug-likeness (QED) is 0.890. The first-order valence-corrected chi connectivity index (χ1v) is 7.26. The van der Waals surface area contributed by atoms with Crippen molar-refractivity contribution in [2.75, 3.05) is 13.1 Å². The molecule has 0 unspecified atom stereocenters. The Labute approximate surface area is 135 Å². The van der Waals surface area contributed by atoms with Gasteiger partial charge in [0.25, 0.3) is 0 Å². The van der Waals surface area contributed by atoms with Gasteiger partial charge in [0.2, 0.25) is 5.91 Å². The largest absolute Gasteiger partial charge is 0.352 e. The molecule has 3 heterocycles. The summed E-state index contributed by atoms with van der Waals surface area (Å²) in [6.45, 7) is 2.38. The van der Waals surface area contributed by atoms with Gasteiger partial charge in [-0.3, -0.25) is 4.79 Å². The fraction of sp³-hybridized carbons (Fsp3) is 0.400. The maximum Gasteiger partial charge on any atom is 0.223 e. The molecule has 0 spiro atoms. The second-order valence-corrected chi connectivity index (χ2v) is 5.21. The molecule has 2 aromatic heterocycles. The third kappa shape index (κ3) is 4.05. The lowest BCUT2D eigenvalue weighted by atomic mass is 9.97. The van der Waals surface area contributed by atoms with E-state index in [4.69, 9.17) is 0 Å². The van der Waals surface area contributed by atoms with Crippen LogP contribution in [-0.4, -0.2) is 33.8 Å². The van der Waals surface area contributed by atoms with Crippen LogP contribution in [0.3, 0.4) is 0 Å². The molecule has 2 aromatic rings. The van der Waals surface area contributed by atoms with Crippen molar-refractivity contribution in [3.8, 4) is 5.82 Å². The maximum atomic E-state index is 12.1. The molecular weight excluding hydrogens is 302 g/mol. The van der Waals surface area contributed by atoms with Gasteiger partial charge in [-0.05, 0) is 49.7 Å². The van der Waals surface area contributed by atoms with E-state index in [-0.39, 0.29) is 24.2 Å². The number of piperidine rings is 1. The van der Waals surface area contributed by atoms with Crippen molar-refractivity contribution in [2.24, 2.45) is 5.92 Å². The molecule has 118 valence electrons. The van der Waals surface area contributed by atoms with Gasteiger partial charge in [0.1, 0.15) is 0 Å². The van der Waals surface area contributed by atoms with E-state index in [0.29, 0.717) is 6.54 Å². The summed E-state index contributed by atoms with van der Waals surface area (Å²) in [7, 11) is 0. The molecule has 1 saturated heterocycles. The molecule has 1 amide bonds. The average Bonchev–Trinajstić information content (AvgIpc) is 3.08. The van der Waals surface area contributed by atoms with Gasteiger partial charge in [0.15, 0.2) is 5.82 Å². The summed E-state index contributed by atoms with van der Waals surface area (Å²) in [4.78, 5) is 16.4. The van der Waals surface area contributed by atoms with Crippen LogP contribution in [0.2, 0.25) is 0 Å². The predicted molar refractivity (Wildman–Crippen MR) is 86.0 cm³/mol. The number of pyridine rings is 1. The number of rotatable bonds is 4. The van der Waals surface area contributed by atoms with E-state index in [2.05, 4.69) is 20.7 Å². The monoisotopic (exact) mass is 321 g/mol. The molecule has 2 N–H and O–H groups in total. The molecule has 0 radical (unpaired) electrons. The number of carbonyl (C=O) groups excluding carboxylic acids is 1. The van der Waals surface area contributed by atoms with Crippen LogP contribution >= 0.6 is 12.4 Å². The summed E-state index contributed by atoms with van der Waals surface area (Å²) in [5.41, 5.74) is 1.03. The second-order valence-electron chi connectivity index (χ2n) is 5.21. The number of nitrogens with zero attached hydrogens (tertiary/aromatic N) is 3. The van der Waals surface area contributed by atoms with E-state index in [1.165, 1.54) is 0 Å². The first kappa shape index (κ1) is 16.5. The Hall–Kier alpha value is -1.92. The molecule has 3 rings (SSSR count). The zero-order chi connectivity index (χ0) is 14.5. The van der Waals surface area contributed by atoms with Crippen LogP contribution in [0.15, 0.2) is 36.8 Å². The summed E-state index contributed by atoms with van der Waals surface area (Å²) < 4.78 is 1.71. The smallest absolute Gasteiger partial charge is 0.223 e. The highest BCUT2D eigenvalue weighted by molar-refractivity contribution is 5.85. The number of nitrogens with one attached hydrogen (secondary N) is 2. The summed E-state index contributed by atoms with van der Waals surface area (Å²) in [5, 5.41) is 10.4. The molecule has 1 aliphatic rings. The van der Waals surface area contributed by atoms with Gasteiger partial charge >= 0.3 is 0 Å². The Balaban J connectivity index is 0.00000176. The Kier molecular flexibility index (Phi) is 5.91. The molecule has 0 saturated carbocycles. The standard InChI is InChI=1S/C15H19N5O.ClH/c21-15(13-3-6-16-7-4-13)18-11-12-2-8-17-14(10-12)20-9-1-5-19-20;/h1-2,5,8-10,13,16H,3-4,6-7,11H2,(H,18,21);1H. The normalized spacial score (nSPS) is 15.1. The number of carbonyl (C=O) groups is 1. The zero-order valence-corrected chi connectivity index (χ0v) is 13.1. The molecule has 0 bridgehead atoms. The molecular formula is C15H20ClN5O. The Bertz CT molecular complexity index is 596. The average molecular weight is 322 g/mol. The maximum absolute atomic E-state index is 12.1. The number of aromatic nitrogens is 3. The van der Waals surface area contributed by atoms with Crippen LogP contribution < -0.4 is 10.6 Å². The van der Waals surface area contributed by atoms with Gasteiger partial charge in [-0.25, -0.2) is 9.67 Å². The van der Waals surface area contributed by atoms with Crippen LogP contribution in [0.1, 0.15) is 18.4 Å². The molecule has 0 aromatic carbocycles. The van der Waals surface area contributed by atoms with Crippen LogP contribution in [0.4, 0.5) is 0 Å². The van der Waals surface area contributed by atoms with Crippen molar-refractivity contribution in [3.63, 3.8) is 0 Å². The van der Waals surface area contributed by atoms with Gasteiger partial charge in [-0.15, -0.1) is 12.4 Å². The fourth-order valence-corrected chi connectivity index (χ4v) is 2.52. The molecule has 6 nitrogen and oxygen atoms in total. The lowest BCUT2D eigenvalue weighted by Gasteiger charge is -2.21.